The van der Waals surface area contributed by atoms with E-state index >= 15 is 0 Å². The molecule has 2 N–H and O–H groups in total. The van der Waals surface area contributed by atoms with Crippen LogP contribution in [0.3, 0.4) is 0 Å². The molecule has 0 bridgehead atoms. The van der Waals surface area contributed by atoms with Gasteiger partial charge < -0.3 is 10.2 Å². The van der Waals surface area contributed by atoms with E-state index in [2.05, 4.69) is 62.4 Å². The predicted octanol–water partition coefficient (Wildman–Crippen LogP) is 7.02. The van der Waals surface area contributed by atoms with Gasteiger partial charge in [-0.25, -0.2) is 0 Å². The minimum atomic E-state index is 0.387. The molecule has 0 spiro atoms. The highest BCUT2D eigenvalue weighted by Crippen LogP contribution is 2.31. The van der Waals surface area contributed by atoms with Gasteiger partial charge in [-0.05, 0) is 96.9 Å². The summed E-state index contributed by atoms with van der Waals surface area (Å²) in [5.41, 5.74) is 9.01. The number of aromatic hydroxyl groups is 2. The average Bonchev–Trinajstić information content (AvgIpc) is 2.69. The lowest BCUT2D eigenvalue weighted by Crippen LogP contribution is -2.03. The lowest BCUT2D eigenvalue weighted by atomic mass is 9.88. The van der Waals surface area contributed by atoms with Crippen LogP contribution >= 0.6 is 0 Å². The summed E-state index contributed by atoms with van der Waals surface area (Å²) in [5, 5.41) is 20.1. The molecule has 3 aromatic carbocycles. The highest BCUT2D eigenvalue weighted by atomic mass is 16.3. The summed E-state index contributed by atoms with van der Waals surface area (Å²) >= 11 is 0. The molecule has 2 nitrogen and oxygen atoms in total. The zero-order valence-corrected chi connectivity index (χ0v) is 19.1. The quantitative estimate of drug-likeness (QED) is 0.465. The molecule has 0 heterocycles. The van der Waals surface area contributed by atoms with Gasteiger partial charge in [0, 0.05) is 0 Å². The van der Waals surface area contributed by atoms with Gasteiger partial charge in [-0.15, -0.1) is 0 Å². The lowest BCUT2D eigenvalue weighted by molar-refractivity contribution is 0.466. The fourth-order valence-electron chi connectivity index (χ4n) is 4.37. The molecule has 0 aromatic heterocycles. The van der Waals surface area contributed by atoms with Crippen molar-refractivity contribution in [3.8, 4) is 11.5 Å². The van der Waals surface area contributed by atoms with Crippen molar-refractivity contribution < 1.29 is 10.2 Å². The van der Waals surface area contributed by atoms with Crippen molar-refractivity contribution in [2.45, 2.75) is 66.2 Å². The van der Waals surface area contributed by atoms with Crippen LogP contribution in [-0.2, 0) is 12.8 Å². The van der Waals surface area contributed by atoms with E-state index in [9.17, 15) is 10.2 Å². The van der Waals surface area contributed by atoms with Gasteiger partial charge in [-0.2, -0.15) is 0 Å². The molecular weight excluding hydrogens is 368 g/mol. The molecular formula is C28H34O2. The highest BCUT2D eigenvalue weighted by Gasteiger charge is 2.13. The number of hydrogen-bond acceptors (Lipinski definition) is 2. The van der Waals surface area contributed by atoms with Crippen molar-refractivity contribution in [1.82, 2.24) is 0 Å². The van der Waals surface area contributed by atoms with Crippen molar-refractivity contribution in [2.75, 3.05) is 0 Å². The SMILES string of the molecule is Cc1cc(C(C)Cc2cccc(CC(C)c3cc(C)c(O)c(C)c3)c2)cc(C)c1O. The van der Waals surface area contributed by atoms with Gasteiger partial charge in [-0.3, -0.25) is 0 Å². The molecule has 2 unspecified atom stereocenters. The molecule has 158 valence electrons. The maximum absolute atomic E-state index is 10.1. The second-order valence-electron chi connectivity index (χ2n) is 9.04. The van der Waals surface area contributed by atoms with Crippen LogP contribution in [0.5, 0.6) is 11.5 Å². The summed E-state index contributed by atoms with van der Waals surface area (Å²) in [5.74, 6) is 1.58. The van der Waals surface area contributed by atoms with E-state index in [0.29, 0.717) is 23.3 Å². The first-order chi connectivity index (χ1) is 14.2. The zero-order chi connectivity index (χ0) is 22.0. The van der Waals surface area contributed by atoms with E-state index in [1.54, 1.807) is 0 Å². The summed E-state index contributed by atoms with van der Waals surface area (Å²) < 4.78 is 0. The standard InChI is InChI=1S/C28H34O2/c1-17(25-12-19(3)27(29)20(4)13-25)10-23-8-7-9-24(16-23)11-18(2)26-14-21(5)28(30)22(6)15-26/h7-9,12-18,29-30H,10-11H2,1-6H3. The number of benzene rings is 3. The van der Waals surface area contributed by atoms with Crippen LogP contribution in [-0.4, -0.2) is 10.2 Å². The average molecular weight is 403 g/mol. The molecule has 3 aromatic rings. The number of rotatable bonds is 6. The Balaban J connectivity index is 1.74. The van der Waals surface area contributed by atoms with Crippen LogP contribution < -0.4 is 0 Å². The third-order valence-corrected chi connectivity index (χ3v) is 6.24. The Bertz CT molecular complexity index is 921. The summed E-state index contributed by atoms with van der Waals surface area (Å²) in [6.07, 6.45) is 1.95. The van der Waals surface area contributed by atoms with Gasteiger partial charge in [0.25, 0.3) is 0 Å². The van der Waals surface area contributed by atoms with Crippen molar-refractivity contribution in [2.24, 2.45) is 0 Å². The second-order valence-corrected chi connectivity index (χ2v) is 9.04. The highest BCUT2D eigenvalue weighted by molar-refractivity contribution is 5.44. The minimum absolute atomic E-state index is 0.387. The van der Waals surface area contributed by atoms with Gasteiger partial charge in [0.1, 0.15) is 11.5 Å². The maximum atomic E-state index is 10.1. The van der Waals surface area contributed by atoms with Crippen LogP contribution in [0, 0.1) is 27.7 Å². The number of phenols is 2. The molecule has 0 aliphatic rings. The van der Waals surface area contributed by atoms with Gasteiger partial charge in [-0.1, -0.05) is 62.4 Å². The third kappa shape index (κ3) is 4.87. The van der Waals surface area contributed by atoms with Crippen LogP contribution in [0.2, 0.25) is 0 Å². The predicted molar refractivity (Wildman–Crippen MR) is 126 cm³/mol. The lowest BCUT2D eigenvalue weighted by Gasteiger charge is -2.17. The van der Waals surface area contributed by atoms with E-state index in [1.807, 2.05) is 27.7 Å². The molecule has 30 heavy (non-hydrogen) atoms. The Morgan fingerprint density at radius 2 is 0.933 bits per heavy atom. The van der Waals surface area contributed by atoms with Gasteiger partial charge in [0.05, 0.1) is 0 Å². The Morgan fingerprint density at radius 1 is 0.600 bits per heavy atom. The fourth-order valence-corrected chi connectivity index (χ4v) is 4.37. The first-order valence-corrected chi connectivity index (χ1v) is 10.8. The summed E-state index contributed by atoms with van der Waals surface area (Å²) in [6, 6.07) is 17.3. The van der Waals surface area contributed by atoms with Crippen LogP contribution in [0.1, 0.15) is 70.2 Å². The molecule has 0 saturated heterocycles. The van der Waals surface area contributed by atoms with E-state index in [-0.39, 0.29) is 0 Å². The second kappa shape index (κ2) is 8.95. The monoisotopic (exact) mass is 402 g/mol. The van der Waals surface area contributed by atoms with Crippen LogP contribution in [0.15, 0.2) is 48.5 Å². The molecule has 0 saturated carbocycles. The van der Waals surface area contributed by atoms with Crippen LogP contribution in [0.25, 0.3) is 0 Å². The normalized spacial score (nSPS) is 13.3. The Labute approximate surface area is 181 Å². The van der Waals surface area contributed by atoms with Gasteiger partial charge in [0.2, 0.25) is 0 Å². The molecule has 2 atom stereocenters. The third-order valence-electron chi connectivity index (χ3n) is 6.24. The Kier molecular flexibility index (Phi) is 6.55. The molecule has 0 aliphatic heterocycles. The van der Waals surface area contributed by atoms with E-state index in [4.69, 9.17) is 0 Å². The van der Waals surface area contributed by atoms with Crippen molar-refractivity contribution >= 4 is 0 Å². The molecule has 0 fully saturated rings. The van der Waals surface area contributed by atoms with E-state index < -0.39 is 0 Å². The van der Waals surface area contributed by atoms with Gasteiger partial charge in [0.15, 0.2) is 0 Å². The topological polar surface area (TPSA) is 40.5 Å². The van der Waals surface area contributed by atoms with Crippen molar-refractivity contribution in [1.29, 1.82) is 0 Å². The number of aryl methyl sites for hydroxylation is 4. The first-order valence-electron chi connectivity index (χ1n) is 10.8. The molecule has 2 heteroatoms. The smallest absolute Gasteiger partial charge is 0.121 e. The molecule has 0 aliphatic carbocycles. The Hall–Kier alpha value is -2.74. The maximum Gasteiger partial charge on any atom is 0.121 e. The molecule has 0 amide bonds. The van der Waals surface area contributed by atoms with E-state index in [0.717, 1.165) is 35.1 Å². The molecule has 0 radical (unpaired) electrons. The van der Waals surface area contributed by atoms with Crippen molar-refractivity contribution in [3.05, 3.63) is 93.0 Å². The zero-order valence-electron chi connectivity index (χ0n) is 19.1. The number of phenolic OH excluding ortho intramolecular Hbond substituents is 2. The summed E-state index contributed by atoms with van der Waals surface area (Å²) in [4.78, 5) is 0. The summed E-state index contributed by atoms with van der Waals surface area (Å²) in [7, 11) is 0. The van der Waals surface area contributed by atoms with E-state index in [1.165, 1.54) is 22.3 Å². The summed E-state index contributed by atoms with van der Waals surface area (Å²) in [6.45, 7) is 12.4. The van der Waals surface area contributed by atoms with Crippen LogP contribution in [0.4, 0.5) is 0 Å². The minimum Gasteiger partial charge on any atom is -0.507 e. The number of hydrogen-bond donors (Lipinski definition) is 2. The first kappa shape index (κ1) is 22.0. The largest absolute Gasteiger partial charge is 0.507 e. The van der Waals surface area contributed by atoms with Crippen molar-refractivity contribution in [3.63, 3.8) is 0 Å². The fraction of sp³-hybridized carbons (Fsp3) is 0.357. The van der Waals surface area contributed by atoms with Gasteiger partial charge >= 0.3 is 0 Å². The molecule has 3 rings (SSSR count). The Morgan fingerprint density at radius 3 is 1.27 bits per heavy atom.